The van der Waals surface area contributed by atoms with Gasteiger partial charge in [-0.15, -0.1) is 29.3 Å². The molecule has 0 saturated carbocycles. The van der Waals surface area contributed by atoms with Crippen LogP contribution < -0.4 is 0 Å². The van der Waals surface area contributed by atoms with E-state index in [1.165, 1.54) is 16.7 Å². The molecule has 8 rings (SSSR count). The molecular weight excluding hydrogens is 962 g/mol. The van der Waals surface area contributed by atoms with E-state index in [4.69, 9.17) is 9.97 Å². The summed E-state index contributed by atoms with van der Waals surface area (Å²) < 4.78 is 2.27. The Hall–Kier alpha value is -5.57. The third kappa shape index (κ3) is 9.45. The maximum Gasteiger partial charge on any atom is 0.148 e. The van der Waals surface area contributed by atoms with Crippen LogP contribution in [0.15, 0.2) is 134 Å². The van der Waals surface area contributed by atoms with Gasteiger partial charge in [0.2, 0.25) is 0 Å². The molecule has 2 aromatic heterocycles. The predicted molar refractivity (Wildman–Crippen MR) is 266 cm³/mol. The molecule has 0 bridgehead atoms. The van der Waals surface area contributed by atoms with Crippen molar-refractivity contribution in [2.45, 2.75) is 106 Å². The largest absolute Gasteiger partial charge is 0.507 e. The summed E-state index contributed by atoms with van der Waals surface area (Å²) in [6.45, 7) is 26.7. The third-order valence-corrected chi connectivity index (χ3v) is 12.3. The number of imidazole rings is 1. The Morgan fingerprint density at radius 1 is 0.594 bits per heavy atom. The molecule has 64 heavy (non-hydrogen) atoms. The summed E-state index contributed by atoms with van der Waals surface area (Å²) >= 11 is 0. The molecule has 0 aliphatic rings. The van der Waals surface area contributed by atoms with Crippen LogP contribution in [0.2, 0.25) is 0 Å². The molecule has 4 nitrogen and oxygen atoms in total. The number of hydrogen-bond acceptors (Lipinski definition) is 3. The molecule has 0 spiro atoms. The van der Waals surface area contributed by atoms with Gasteiger partial charge in [-0.3, -0.25) is 9.55 Å². The van der Waals surface area contributed by atoms with Crippen molar-refractivity contribution >= 4 is 11.0 Å². The number of rotatable bonds is 8. The van der Waals surface area contributed by atoms with Crippen molar-refractivity contribution in [3.63, 3.8) is 0 Å². The number of aromatic hydroxyl groups is 1. The number of aryl methyl sites for hydroxylation is 1. The first-order valence-corrected chi connectivity index (χ1v) is 22.5. The normalized spacial score (nSPS) is 12.2. The van der Waals surface area contributed by atoms with E-state index >= 15 is 0 Å². The van der Waals surface area contributed by atoms with Crippen LogP contribution in [-0.2, 0) is 43.7 Å². The van der Waals surface area contributed by atoms with Gasteiger partial charge < -0.3 is 5.11 Å². The molecule has 2 heterocycles. The fourth-order valence-electron chi connectivity index (χ4n) is 8.56. The van der Waals surface area contributed by atoms with Crippen molar-refractivity contribution in [2.24, 2.45) is 5.92 Å². The minimum Gasteiger partial charge on any atom is -0.507 e. The molecule has 8 aromatic rings. The topological polar surface area (TPSA) is 50.9 Å². The standard InChI is InChI=1S/C59H62N3O.Pt/c1-37(2)29-39-21-26-52(49(31-39)41-17-14-13-15-18-41)62-53-20-16-19-48(54(53)61-56(62)50-36-46(58(7,8)9)30-38(3)55(50)63)43-32-44(34-47(33-43)59(10,11)12)51-35-42(27-28-60-51)40-22-24-45(25-23-40)57(4,5)6;/h13-28,30-31,33-37,63H,29H2,1-12H3;/q-1;. The number of aromatic nitrogens is 3. The van der Waals surface area contributed by atoms with Gasteiger partial charge >= 0.3 is 0 Å². The van der Waals surface area contributed by atoms with E-state index in [-0.39, 0.29) is 43.1 Å². The number of phenols is 1. The first kappa shape index (κ1) is 46.4. The summed E-state index contributed by atoms with van der Waals surface area (Å²) in [4.78, 5) is 10.5. The van der Waals surface area contributed by atoms with Crippen LogP contribution in [-0.4, -0.2) is 19.6 Å². The van der Waals surface area contributed by atoms with Gasteiger partial charge in [0, 0.05) is 38.5 Å². The van der Waals surface area contributed by atoms with Crippen molar-refractivity contribution < 1.29 is 26.2 Å². The number of benzene rings is 6. The summed E-state index contributed by atoms with van der Waals surface area (Å²) in [5.41, 5.74) is 17.2. The van der Waals surface area contributed by atoms with E-state index in [9.17, 15) is 5.11 Å². The fourth-order valence-corrected chi connectivity index (χ4v) is 8.56. The molecule has 0 amide bonds. The van der Waals surface area contributed by atoms with Crippen LogP contribution in [0.5, 0.6) is 5.75 Å². The number of para-hydroxylation sites is 1. The second-order valence-electron chi connectivity index (χ2n) is 20.9. The SMILES string of the molecule is Cc1cc(C(C)(C)C)cc(-c2nc3c(-c4[c-]c(-c5cc(-c6ccc(C(C)(C)C)cc6)ccn5)cc(C(C)(C)C)c4)cccc3n2-c2ccc(CC(C)C)cc2-c2ccccc2)c1O.[Pt]. The number of fused-ring (bicyclic) bond motifs is 1. The Kier molecular flexibility index (Phi) is 12.9. The fraction of sp³-hybridized carbons (Fsp3) is 0.288. The molecule has 0 radical (unpaired) electrons. The molecule has 5 heteroatoms. The third-order valence-electron chi connectivity index (χ3n) is 12.3. The number of nitrogens with zero attached hydrogens (tertiary/aromatic N) is 3. The van der Waals surface area contributed by atoms with Crippen LogP contribution in [0, 0.1) is 18.9 Å². The van der Waals surface area contributed by atoms with E-state index in [0.717, 1.165) is 78.9 Å². The molecular formula is C59H62N3OPt-. The van der Waals surface area contributed by atoms with Gasteiger partial charge in [0.15, 0.2) is 0 Å². The maximum atomic E-state index is 12.0. The summed E-state index contributed by atoms with van der Waals surface area (Å²) in [6, 6.07) is 49.7. The first-order valence-electron chi connectivity index (χ1n) is 22.5. The van der Waals surface area contributed by atoms with E-state index in [1.807, 2.05) is 13.1 Å². The average Bonchev–Trinajstić information content (AvgIpc) is 3.63. The van der Waals surface area contributed by atoms with Crippen molar-refractivity contribution in [1.29, 1.82) is 0 Å². The zero-order chi connectivity index (χ0) is 45.0. The Balaban J connectivity index is 0.00000612. The number of phenolic OH excluding ortho intramolecular Hbond substituents is 1. The van der Waals surface area contributed by atoms with Crippen molar-refractivity contribution in [3.05, 3.63) is 167 Å². The monoisotopic (exact) mass is 1020 g/mol. The number of hydrogen-bond donors (Lipinski definition) is 1. The molecule has 0 atom stereocenters. The summed E-state index contributed by atoms with van der Waals surface area (Å²) in [6.07, 6.45) is 2.88. The Morgan fingerprint density at radius 3 is 1.91 bits per heavy atom. The van der Waals surface area contributed by atoms with E-state index in [0.29, 0.717) is 17.3 Å². The Labute approximate surface area is 396 Å². The molecule has 0 unspecified atom stereocenters. The van der Waals surface area contributed by atoms with Gasteiger partial charge in [0.25, 0.3) is 0 Å². The second-order valence-corrected chi connectivity index (χ2v) is 20.9. The van der Waals surface area contributed by atoms with Gasteiger partial charge in [-0.25, -0.2) is 4.98 Å². The average molecular weight is 1020 g/mol. The molecule has 0 aliphatic carbocycles. The van der Waals surface area contributed by atoms with E-state index < -0.39 is 0 Å². The van der Waals surface area contributed by atoms with Crippen LogP contribution in [0.1, 0.15) is 104 Å². The molecule has 0 saturated heterocycles. The maximum absolute atomic E-state index is 12.0. The smallest absolute Gasteiger partial charge is 0.148 e. The van der Waals surface area contributed by atoms with Gasteiger partial charge in [0.05, 0.1) is 22.3 Å². The van der Waals surface area contributed by atoms with Crippen molar-refractivity contribution in [1.82, 2.24) is 14.5 Å². The Morgan fingerprint density at radius 2 is 1.25 bits per heavy atom. The van der Waals surface area contributed by atoms with Crippen molar-refractivity contribution in [3.8, 4) is 67.5 Å². The zero-order valence-electron chi connectivity index (χ0n) is 39.6. The summed E-state index contributed by atoms with van der Waals surface area (Å²) in [5.74, 6) is 1.44. The minimum atomic E-state index is -0.156. The quantitative estimate of drug-likeness (QED) is 0.154. The summed E-state index contributed by atoms with van der Waals surface area (Å²) in [5, 5.41) is 12.0. The Bertz CT molecular complexity index is 2960. The molecule has 1 N–H and O–H groups in total. The van der Waals surface area contributed by atoms with Crippen LogP contribution in [0.25, 0.3) is 72.7 Å². The van der Waals surface area contributed by atoms with E-state index in [1.54, 1.807) is 0 Å². The summed E-state index contributed by atoms with van der Waals surface area (Å²) in [7, 11) is 0. The zero-order valence-corrected chi connectivity index (χ0v) is 41.9. The van der Waals surface area contributed by atoms with Crippen LogP contribution in [0.4, 0.5) is 0 Å². The van der Waals surface area contributed by atoms with E-state index in [2.05, 4.69) is 214 Å². The van der Waals surface area contributed by atoms with Crippen LogP contribution in [0.3, 0.4) is 0 Å². The second kappa shape index (κ2) is 17.8. The first-order chi connectivity index (χ1) is 29.8. The molecule has 0 fully saturated rings. The minimum absolute atomic E-state index is 0. The van der Waals surface area contributed by atoms with Crippen LogP contribution >= 0.6 is 0 Å². The van der Waals surface area contributed by atoms with Gasteiger partial charge in [-0.1, -0.05) is 172 Å². The van der Waals surface area contributed by atoms with Gasteiger partial charge in [-0.2, -0.15) is 0 Å². The van der Waals surface area contributed by atoms with Gasteiger partial charge in [-0.05, 0) is 105 Å². The molecule has 6 aromatic carbocycles. The number of pyridine rings is 1. The molecule has 0 aliphatic heterocycles. The molecule has 330 valence electrons. The predicted octanol–water partition coefficient (Wildman–Crippen LogP) is 15.7. The van der Waals surface area contributed by atoms with Crippen molar-refractivity contribution in [2.75, 3.05) is 0 Å². The van der Waals surface area contributed by atoms with Gasteiger partial charge in [0.1, 0.15) is 11.6 Å².